The molecule has 22 heavy (non-hydrogen) atoms. The lowest BCUT2D eigenvalue weighted by Gasteiger charge is -2.20. The highest BCUT2D eigenvalue weighted by atomic mass is 16.4. The number of aromatic amines is 1. The maximum Gasteiger partial charge on any atom is 0.326 e. The van der Waals surface area contributed by atoms with Crippen LogP contribution in [0.4, 0.5) is 0 Å². The number of carbonyl (C=O) groups excluding carboxylic acids is 1. The average molecular weight is 303 g/mol. The van der Waals surface area contributed by atoms with Crippen molar-refractivity contribution in [2.45, 2.75) is 32.4 Å². The number of rotatable bonds is 6. The Morgan fingerprint density at radius 1 is 1.32 bits per heavy atom. The first-order valence-corrected chi connectivity index (χ1v) is 7.24. The summed E-state index contributed by atoms with van der Waals surface area (Å²) in [6.45, 7) is 3.48. The molecule has 118 valence electrons. The van der Waals surface area contributed by atoms with E-state index in [1.807, 2.05) is 30.5 Å². The summed E-state index contributed by atoms with van der Waals surface area (Å²) >= 11 is 0. The van der Waals surface area contributed by atoms with E-state index in [-0.39, 0.29) is 5.92 Å². The minimum absolute atomic E-state index is 0.207. The summed E-state index contributed by atoms with van der Waals surface area (Å²) < 4.78 is 0. The molecule has 0 aliphatic rings. The Bertz CT molecular complexity index is 678. The molecule has 0 spiro atoms. The predicted molar refractivity (Wildman–Crippen MR) is 84.4 cm³/mol. The largest absolute Gasteiger partial charge is 0.480 e. The number of amides is 1. The lowest BCUT2D eigenvalue weighted by atomic mass is 10.0. The molecule has 6 nitrogen and oxygen atoms in total. The van der Waals surface area contributed by atoms with E-state index >= 15 is 0 Å². The van der Waals surface area contributed by atoms with Gasteiger partial charge in [-0.2, -0.15) is 0 Å². The van der Waals surface area contributed by atoms with Crippen LogP contribution >= 0.6 is 0 Å². The van der Waals surface area contributed by atoms with Crippen molar-refractivity contribution in [1.82, 2.24) is 10.3 Å². The van der Waals surface area contributed by atoms with Crippen molar-refractivity contribution in [3.8, 4) is 0 Å². The summed E-state index contributed by atoms with van der Waals surface area (Å²) in [6.07, 6.45) is 2.18. The molecule has 0 aliphatic carbocycles. The Morgan fingerprint density at radius 3 is 2.64 bits per heavy atom. The van der Waals surface area contributed by atoms with Crippen LogP contribution in [-0.4, -0.2) is 34.1 Å². The monoisotopic (exact) mass is 303 g/mol. The van der Waals surface area contributed by atoms with E-state index < -0.39 is 24.0 Å². The van der Waals surface area contributed by atoms with Gasteiger partial charge in [0.15, 0.2) is 0 Å². The van der Waals surface area contributed by atoms with Gasteiger partial charge in [0, 0.05) is 17.1 Å². The van der Waals surface area contributed by atoms with Crippen LogP contribution < -0.4 is 11.1 Å². The van der Waals surface area contributed by atoms with E-state index in [1.165, 1.54) is 0 Å². The number of aliphatic carboxylic acids is 1. The number of carboxylic acid groups (broad SMARTS) is 1. The fraction of sp³-hybridized carbons (Fsp3) is 0.375. The number of hydrogen-bond donors (Lipinski definition) is 4. The topological polar surface area (TPSA) is 108 Å². The van der Waals surface area contributed by atoms with E-state index in [9.17, 15) is 9.59 Å². The Morgan fingerprint density at radius 2 is 2.00 bits per heavy atom. The number of carboxylic acids is 1. The van der Waals surface area contributed by atoms with Crippen LogP contribution in [0.5, 0.6) is 0 Å². The minimum atomic E-state index is -1.05. The highest BCUT2D eigenvalue weighted by Crippen LogP contribution is 2.18. The Kier molecular flexibility index (Phi) is 4.82. The highest BCUT2D eigenvalue weighted by molar-refractivity contribution is 5.88. The van der Waals surface area contributed by atoms with Gasteiger partial charge in [-0.25, -0.2) is 4.79 Å². The van der Waals surface area contributed by atoms with Crippen molar-refractivity contribution in [2.24, 2.45) is 11.7 Å². The van der Waals surface area contributed by atoms with Gasteiger partial charge in [-0.3, -0.25) is 4.79 Å². The molecule has 1 aromatic heterocycles. The maximum absolute atomic E-state index is 12.1. The Labute approximate surface area is 128 Å². The maximum atomic E-state index is 12.1. The normalized spacial score (nSPS) is 14.0. The molecule has 1 heterocycles. The number of hydrogen-bond acceptors (Lipinski definition) is 3. The zero-order valence-corrected chi connectivity index (χ0v) is 12.7. The summed E-state index contributed by atoms with van der Waals surface area (Å²) in [6, 6.07) is 6.03. The second-order valence-corrected chi connectivity index (χ2v) is 5.74. The molecule has 6 heteroatoms. The molecule has 2 atom stereocenters. The number of H-pyrrole nitrogens is 1. The molecule has 0 radical (unpaired) electrons. The molecule has 0 saturated heterocycles. The third-order valence-corrected chi connectivity index (χ3v) is 3.68. The van der Waals surface area contributed by atoms with Gasteiger partial charge in [-0.05, 0) is 24.0 Å². The molecule has 0 unspecified atom stereocenters. The van der Waals surface area contributed by atoms with Crippen LogP contribution in [0.3, 0.4) is 0 Å². The van der Waals surface area contributed by atoms with Crippen LogP contribution in [0.25, 0.3) is 10.9 Å². The fourth-order valence-corrected chi connectivity index (χ4v) is 2.40. The number of aromatic nitrogens is 1. The number of para-hydroxylation sites is 1. The smallest absolute Gasteiger partial charge is 0.326 e. The summed E-state index contributed by atoms with van der Waals surface area (Å²) in [4.78, 5) is 26.4. The van der Waals surface area contributed by atoms with Crippen molar-refractivity contribution in [1.29, 1.82) is 0 Å². The molecule has 0 saturated carbocycles. The number of fused-ring (bicyclic) bond motifs is 1. The van der Waals surface area contributed by atoms with Gasteiger partial charge in [-0.15, -0.1) is 0 Å². The second kappa shape index (κ2) is 6.62. The first kappa shape index (κ1) is 16.0. The zero-order valence-electron chi connectivity index (χ0n) is 12.7. The lowest BCUT2D eigenvalue weighted by molar-refractivity contribution is -0.143. The quantitative estimate of drug-likeness (QED) is 0.644. The molecule has 1 amide bonds. The highest BCUT2D eigenvalue weighted by Gasteiger charge is 2.26. The van der Waals surface area contributed by atoms with E-state index in [0.29, 0.717) is 6.42 Å². The molecule has 5 N–H and O–H groups in total. The second-order valence-electron chi connectivity index (χ2n) is 5.74. The number of nitrogens with two attached hydrogens (primary N) is 1. The van der Waals surface area contributed by atoms with Crippen molar-refractivity contribution in [3.63, 3.8) is 0 Å². The van der Waals surface area contributed by atoms with Crippen molar-refractivity contribution in [3.05, 3.63) is 36.0 Å². The predicted octanol–water partition coefficient (Wildman–Crippen LogP) is 1.26. The van der Waals surface area contributed by atoms with Crippen molar-refractivity contribution >= 4 is 22.8 Å². The number of carbonyl (C=O) groups is 2. The van der Waals surface area contributed by atoms with E-state index in [4.69, 9.17) is 10.8 Å². The van der Waals surface area contributed by atoms with Gasteiger partial charge in [-0.1, -0.05) is 32.0 Å². The van der Waals surface area contributed by atoms with E-state index in [1.54, 1.807) is 13.8 Å². The molecule has 0 fully saturated rings. The SMILES string of the molecule is CC(C)[C@@H](NC(=O)[C@H](N)Cc1c[nH]c2ccccc12)C(=O)O. The summed E-state index contributed by atoms with van der Waals surface area (Å²) in [5.74, 6) is -1.71. The van der Waals surface area contributed by atoms with Crippen LogP contribution in [0.1, 0.15) is 19.4 Å². The van der Waals surface area contributed by atoms with Gasteiger partial charge in [0.05, 0.1) is 6.04 Å². The van der Waals surface area contributed by atoms with Gasteiger partial charge in [0.2, 0.25) is 5.91 Å². The summed E-state index contributed by atoms with van der Waals surface area (Å²) in [5.41, 5.74) is 7.85. The fourth-order valence-electron chi connectivity index (χ4n) is 2.40. The molecule has 0 bridgehead atoms. The van der Waals surface area contributed by atoms with E-state index in [2.05, 4.69) is 10.3 Å². The summed E-state index contributed by atoms with van der Waals surface area (Å²) in [7, 11) is 0. The first-order valence-electron chi connectivity index (χ1n) is 7.24. The number of nitrogens with one attached hydrogen (secondary N) is 2. The molecular formula is C16H21N3O3. The van der Waals surface area contributed by atoms with Crippen LogP contribution in [-0.2, 0) is 16.0 Å². The van der Waals surface area contributed by atoms with Crippen molar-refractivity contribution < 1.29 is 14.7 Å². The third-order valence-electron chi connectivity index (χ3n) is 3.68. The standard InChI is InChI=1S/C16H21N3O3/c1-9(2)14(16(21)22)19-15(20)12(17)7-10-8-18-13-6-4-3-5-11(10)13/h3-6,8-9,12,14,18H,7,17H2,1-2H3,(H,19,20)(H,21,22)/t12-,14-/m1/s1. The molecule has 2 rings (SSSR count). The van der Waals surface area contributed by atoms with Gasteiger partial charge >= 0.3 is 5.97 Å². The Balaban J connectivity index is 2.06. The lowest BCUT2D eigenvalue weighted by Crippen LogP contribution is -2.51. The zero-order chi connectivity index (χ0) is 16.3. The van der Waals surface area contributed by atoms with Gasteiger partial charge < -0.3 is 21.1 Å². The first-order chi connectivity index (χ1) is 10.4. The van der Waals surface area contributed by atoms with Gasteiger partial charge in [0.1, 0.15) is 6.04 Å². The molecular weight excluding hydrogens is 282 g/mol. The molecule has 2 aromatic rings. The van der Waals surface area contributed by atoms with Crippen molar-refractivity contribution in [2.75, 3.05) is 0 Å². The van der Waals surface area contributed by atoms with Crippen LogP contribution in [0.15, 0.2) is 30.5 Å². The van der Waals surface area contributed by atoms with Crippen LogP contribution in [0, 0.1) is 5.92 Å². The van der Waals surface area contributed by atoms with Gasteiger partial charge in [0.25, 0.3) is 0 Å². The summed E-state index contributed by atoms with van der Waals surface area (Å²) in [5, 5.41) is 12.6. The molecule has 0 aliphatic heterocycles. The minimum Gasteiger partial charge on any atom is -0.480 e. The Hall–Kier alpha value is -2.34. The number of benzene rings is 1. The van der Waals surface area contributed by atoms with Crippen LogP contribution in [0.2, 0.25) is 0 Å². The third kappa shape index (κ3) is 3.46. The molecule has 1 aromatic carbocycles. The van der Waals surface area contributed by atoms with E-state index in [0.717, 1.165) is 16.5 Å². The average Bonchev–Trinajstić information content (AvgIpc) is 2.87.